The maximum atomic E-state index is 14.5. The van der Waals surface area contributed by atoms with Gasteiger partial charge >= 0.3 is 5.97 Å². The van der Waals surface area contributed by atoms with Gasteiger partial charge in [0.15, 0.2) is 4.80 Å². The molecule has 0 aliphatic carbocycles. The van der Waals surface area contributed by atoms with Gasteiger partial charge in [-0.1, -0.05) is 65.9 Å². The molecule has 44 heavy (non-hydrogen) atoms. The van der Waals surface area contributed by atoms with E-state index in [0.717, 1.165) is 16.5 Å². The van der Waals surface area contributed by atoms with E-state index in [2.05, 4.69) is 0 Å². The van der Waals surface area contributed by atoms with Crippen LogP contribution in [0.25, 0.3) is 17.0 Å². The Kier molecular flexibility index (Phi) is 8.05. The number of benzene rings is 3. The maximum Gasteiger partial charge on any atom is 0.338 e. The van der Waals surface area contributed by atoms with Gasteiger partial charge in [0.05, 0.1) is 35.1 Å². The average molecular weight is 610 g/mol. The summed E-state index contributed by atoms with van der Waals surface area (Å²) in [4.78, 5) is 32.8. The quantitative estimate of drug-likeness (QED) is 0.211. The van der Waals surface area contributed by atoms with Crippen LogP contribution in [-0.4, -0.2) is 27.8 Å². The van der Waals surface area contributed by atoms with Crippen molar-refractivity contribution < 1.29 is 18.7 Å². The number of para-hydroxylation sites is 2. The molecule has 1 aliphatic rings. The monoisotopic (exact) mass is 609 g/mol. The summed E-state index contributed by atoms with van der Waals surface area (Å²) in [5, 5.41) is 0.935. The Morgan fingerprint density at radius 1 is 1.07 bits per heavy atom. The predicted molar refractivity (Wildman–Crippen MR) is 170 cm³/mol. The van der Waals surface area contributed by atoms with E-state index in [0.29, 0.717) is 44.0 Å². The molecule has 0 fully saturated rings. The second-order valence-electron chi connectivity index (χ2n) is 10.8. The Bertz CT molecular complexity index is 2100. The van der Waals surface area contributed by atoms with Crippen molar-refractivity contribution in [3.8, 4) is 5.75 Å². The van der Waals surface area contributed by atoms with Crippen LogP contribution in [0.5, 0.6) is 5.75 Å². The van der Waals surface area contributed by atoms with Crippen molar-refractivity contribution in [2.75, 3.05) is 6.61 Å². The second-order valence-corrected chi connectivity index (χ2v) is 11.8. The van der Waals surface area contributed by atoms with Crippen LogP contribution in [0.15, 0.2) is 100 Å². The number of esters is 1. The van der Waals surface area contributed by atoms with Crippen LogP contribution in [0.4, 0.5) is 4.39 Å². The third-order valence-corrected chi connectivity index (χ3v) is 8.48. The average Bonchev–Trinajstić information content (AvgIpc) is 3.50. The number of rotatable bonds is 8. The molecule has 0 spiro atoms. The number of thiazole rings is 1. The second kappa shape index (κ2) is 12.1. The highest BCUT2D eigenvalue weighted by atomic mass is 32.1. The van der Waals surface area contributed by atoms with E-state index in [1.807, 2.05) is 85.3 Å². The molecule has 0 saturated heterocycles. The highest BCUT2D eigenvalue weighted by Gasteiger charge is 2.35. The number of fused-ring (bicyclic) bond motifs is 2. The topological polar surface area (TPSA) is 74.8 Å². The lowest BCUT2D eigenvalue weighted by Gasteiger charge is -2.26. The minimum absolute atomic E-state index is 0.121. The molecule has 9 heteroatoms. The van der Waals surface area contributed by atoms with Crippen molar-refractivity contribution in [1.82, 2.24) is 9.13 Å². The fraction of sp³-hybridized carbons (Fsp3) is 0.229. The van der Waals surface area contributed by atoms with Crippen LogP contribution in [-0.2, 0) is 16.1 Å². The third-order valence-electron chi connectivity index (χ3n) is 7.50. The Balaban J connectivity index is 1.54. The van der Waals surface area contributed by atoms with E-state index >= 15 is 0 Å². The van der Waals surface area contributed by atoms with Gasteiger partial charge in [0.1, 0.15) is 17.6 Å². The molecule has 7 nitrogen and oxygen atoms in total. The van der Waals surface area contributed by atoms with E-state index in [-0.39, 0.29) is 24.1 Å². The first kappa shape index (κ1) is 29.3. The molecule has 0 amide bonds. The summed E-state index contributed by atoms with van der Waals surface area (Å²) in [6.07, 6.45) is 3.67. The van der Waals surface area contributed by atoms with Gasteiger partial charge in [0.2, 0.25) is 0 Å². The molecule has 0 radical (unpaired) electrons. The molecule has 6 rings (SSSR count). The summed E-state index contributed by atoms with van der Waals surface area (Å²) in [5.74, 6) is -0.215. The number of hydrogen-bond acceptors (Lipinski definition) is 6. The molecule has 3 aromatic carbocycles. The van der Waals surface area contributed by atoms with Crippen LogP contribution in [0.1, 0.15) is 50.4 Å². The van der Waals surface area contributed by atoms with Crippen molar-refractivity contribution in [3.63, 3.8) is 0 Å². The lowest BCUT2D eigenvalue weighted by Crippen LogP contribution is -2.40. The molecule has 1 aliphatic heterocycles. The normalized spacial score (nSPS) is 15.0. The summed E-state index contributed by atoms with van der Waals surface area (Å²) >= 11 is 1.26. The number of aromatic nitrogens is 2. The fourth-order valence-corrected chi connectivity index (χ4v) is 6.66. The predicted octanol–water partition coefficient (Wildman–Crippen LogP) is 5.73. The van der Waals surface area contributed by atoms with Crippen molar-refractivity contribution in [2.24, 2.45) is 4.99 Å². The Labute approximate surface area is 257 Å². The minimum Gasteiger partial charge on any atom is -0.491 e. The van der Waals surface area contributed by atoms with Gasteiger partial charge in [-0.3, -0.25) is 9.36 Å². The van der Waals surface area contributed by atoms with E-state index < -0.39 is 12.0 Å². The van der Waals surface area contributed by atoms with Gasteiger partial charge in [-0.15, -0.1) is 0 Å². The van der Waals surface area contributed by atoms with Crippen molar-refractivity contribution in [2.45, 2.75) is 46.4 Å². The molecule has 0 N–H and O–H groups in total. The van der Waals surface area contributed by atoms with Crippen LogP contribution < -0.4 is 19.6 Å². The molecular formula is C35H32FN3O4S. The Morgan fingerprint density at radius 3 is 2.57 bits per heavy atom. The van der Waals surface area contributed by atoms with E-state index in [9.17, 15) is 14.0 Å². The zero-order valence-electron chi connectivity index (χ0n) is 24.9. The number of carbonyl (C=O) groups excluding carboxylic acids is 1. The number of nitrogens with zero attached hydrogens (tertiary/aromatic N) is 3. The summed E-state index contributed by atoms with van der Waals surface area (Å²) in [6, 6.07) is 21.2. The van der Waals surface area contributed by atoms with Gasteiger partial charge in [-0.2, -0.15) is 0 Å². The first-order chi connectivity index (χ1) is 21.3. The third kappa shape index (κ3) is 5.39. The summed E-state index contributed by atoms with van der Waals surface area (Å²) in [7, 11) is 0. The zero-order chi connectivity index (χ0) is 31.0. The molecule has 2 aromatic heterocycles. The minimum atomic E-state index is -0.787. The van der Waals surface area contributed by atoms with Crippen LogP contribution >= 0.6 is 11.3 Å². The van der Waals surface area contributed by atoms with Crippen molar-refractivity contribution >= 4 is 34.3 Å². The summed E-state index contributed by atoms with van der Waals surface area (Å²) in [6.45, 7) is 7.90. The largest absolute Gasteiger partial charge is 0.491 e. The Morgan fingerprint density at radius 2 is 1.80 bits per heavy atom. The SMILES string of the molecule is CCOC(=O)C1=C(C)N=c2s/c(=C\c3cn(Cc4ccccc4F)c4ccccc34)c(=O)n2[C@@H]1c1ccccc1OC(C)C. The summed E-state index contributed by atoms with van der Waals surface area (Å²) in [5.41, 5.74) is 3.50. The zero-order valence-corrected chi connectivity index (χ0v) is 25.7. The standard InChI is InChI=1S/C35H32FN3O4S/c1-5-42-34(41)31-22(4)37-35-39(32(31)26-14-8-11-17-29(26)43-21(2)3)33(40)30(44-35)18-24-20-38(28-16-10-7-13-25(24)28)19-23-12-6-9-15-27(23)36/h6-18,20-21,32H,5,19H2,1-4H3/b30-18-/t32-/m1/s1. The number of allylic oxidation sites excluding steroid dienone is 1. The lowest BCUT2D eigenvalue weighted by molar-refractivity contribution is -0.139. The number of halogens is 1. The van der Waals surface area contributed by atoms with Crippen molar-refractivity contribution in [3.05, 3.63) is 132 Å². The van der Waals surface area contributed by atoms with Crippen LogP contribution in [0.3, 0.4) is 0 Å². The first-order valence-corrected chi connectivity index (χ1v) is 15.3. The highest BCUT2D eigenvalue weighted by molar-refractivity contribution is 7.07. The highest BCUT2D eigenvalue weighted by Crippen LogP contribution is 2.36. The van der Waals surface area contributed by atoms with E-state index in [4.69, 9.17) is 14.5 Å². The lowest BCUT2D eigenvalue weighted by atomic mass is 9.95. The molecule has 5 aromatic rings. The fourth-order valence-electron chi connectivity index (χ4n) is 5.63. The number of hydrogen-bond donors (Lipinski definition) is 0. The summed E-state index contributed by atoms with van der Waals surface area (Å²) < 4.78 is 30.1. The molecule has 0 saturated carbocycles. The van der Waals surface area contributed by atoms with E-state index in [1.54, 1.807) is 30.5 Å². The molecular weight excluding hydrogens is 577 g/mol. The van der Waals surface area contributed by atoms with Gasteiger partial charge in [0, 0.05) is 33.8 Å². The first-order valence-electron chi connectivity index (χ1n) is 14.5. The number of carbonyl (C=O) groups is 1. The molecule has 3 heterocycles. The molecule has 0 unspecified atom stereocenters. The van der Waals surface area contributed by atoms with Gasteiger partial charge in [-0.25, -0.2) is 14.2 Å². The molecule has 0 bridgehead atoms. The molecule has 224 valence electrons. The smallest absolute Gasteiger partial charge is 0.338 e. The van der Waals surface area contributed by atoms with Gasteiger partial charge in [0.25, 0.3) is 5.56 Å². The molecule has 1 atom stereocenters. The Hall–Kier alpha value is -4.76. The van der Waals surface area contributed by atoms with E-state index in [1.165, 1.54) is 17.4 Å². The number of ether oxygens (including phenoxy) is 2. The van der Waals surface area contributed by atoms with Crippen molar-refractivity contribution in [1.29, 1.82) is 0 Å². The van der Waals surface area contributed by atoms with Crippen LogP contribution in [0, 0.1) is 5.82 Å². The maximum absolute atomic E-state index is 14.5. The van der Waals surface area contributed by atoms with Gasteiger partial charge in [-0.05, 0) is 52.0 Å². The van der Waals surface area contributed by atoms with Gasteiger partial charge < -0.3 is 14.0 Å². The van der Waals surface area contributed by atoms with Crippen LogP contribution in [0.2, 0.25) is 0 Å².